The maximum Gasteiger partial charge on any atom is 0.315 e. The zero-order chi connectivity index (χ0) is 23.8. The lowest BCUT2D eigenvalue weighted by Crippen LogP contribution is -2.51. The average molecular weight is 452 g/mol. The minimum absolute atomic E-state index is 0.113. The number of hydrogen-bond donors (Lipinski definition) is 4. The molecule has 3 rings (SSSR count). The first kappa shape index (κ1) is 23.7. The molecule has 1 atom stereocenters. The van der Waals surface area contributed by atoms with Crippen molar-refractivity contribution in [1.82, 2.24) is 15.6 Å². The van der Waals surface area contributed by atoms with Crippen LogP contribution in [0.3, 0.4) is 0 Å². The van der Waals surface area contributed by atoms with Gasteiger partial charge in [-0.2, -0.15) is 0 Å². The van der Waals surface area contributed by atoms with Crippen molar-refractivity contribution in [2.75, 3.05) is 11.9 Å². The van der Waals surface area contributed by atoms with Gasteiger partial charge in [0.1, 0.15) is 29.2 Å². The fourth-order valence-corrected chi connectivity index (χ4v) is 2.87. The number of nitrogens with one attached hydrogen (secondary N) is 3. The summed E-state index contributed by atoms with van der Waals surface area (Å²) in [6, 6.07) is 16.2. The molecule has 8 nitrogen and oxygen atoms in total. The molecule has 172 valence electrons. The summed E-state index contributed by atoms with van der Waals surface area (Å²) < 4.78 is 18.7. The average Bonchev–Trinajstić information content (AvgIpc) is 2.79. The lowest BCUT2D eigenvalue weighted by molar-refractivity contribution is -0.118. The second-order valence-electron chi connectivity index (χ2n) is 7.49. The molecule has 3 aromatic rings. The third kappa shape index (κ3) is 7.01. The number of aliphatic hydroxyl groups excluding tert-OH is 1. The van der Waals surface area contributed by atoms with Crippen LogP contribution >= 0.6 is 0 Å². The Labute approximate surface area is 190 Å². The number of aliphatic hydroxyl groups is 1. The van der Waals surface area contributed by atoms with Crippen LogP contribution in [0.2, 0.25) is 0 Å². The highest BCUT2D eigenvalue weighted by molar-refractivity contribution is 5.96. The summed E-state index contributed by atoms with van der Waals surface area (Å²) in [5.74, 6) is 0.431. The van der Waals surface area contributed by atoms with E-state index in [1.54, 1.807) is 56.3 Å². The maximum atomic E-state index is 13.0. The molecule has 0 spiro atoms. The van der Waals surface area contributed by atoms with E-state index in [-0.39, 0.29) is 17.7 Å². The number of ether oxygens (including phenoxy) is 1. The SMILES string of the molecule is CC(C)NC(=O)NC(CO)C(=O)Nc1cccc(-c2ccc(Oc3ccc(F)cc3)cc2)n1. The van der Waals surface area contributed by atoms with E-state index in [1.807, 2.05) is 0 Å². The number of carbonyl (C=O) groups excluding carboxylic acids is 2. The van der Waals surface area contributed by atoms with Crippen molar-refractivity contribution >= 4 is 17.8 Å². The van der Waals surface area contributed by atoms with Crippen LogP contribution < -0.4 is 20.7 Å². The van der Waals surface area contributed by atoms with Crippen LogP contribution in [0, 0.1) is 5.82 Å². The summed E-state index contributed by atoms with van der Waals surface area (Å²) in [6.07, 6.45) is 0. The molecule has 4 N–H and O–H groups in total. The van der Waals surface area contributed by atoms with Crippen molar-refractivity contribution in [3.05, 3.63) is 72.5 Å². The van der Waals surface area contributed by atoms with E-state index in [4.69, 9.17) is 4.74 Å². The number of benzene rings is 2. The zero-order valence-corrected chi connectivity index (χ0v) is 18.2. The van der Waals surface area contributed by atoms with Crippen molar-refractivity contribution in [2.45, 2.75) is 25.9 Å². The van der Waals surface area contributed by atoms with Crippen molar-refractivity contribution < 1.29 is 23.8 Å². The number of amides is 3. The van der Waals surface area contributed by atoms with Crippen LogP contribution in [-0.4, -0.2) is 40.7 Å². The van der Waals surface area contributed by atoms with Crippen LogP contribution in [-0.2, 0) is 4.79 Å². The second kappa shape index (κ2) is 11.1. The van der Waals surface area contributed by atoms with Gasteiger partial charge in [0.25, 0.3) is 5.91 Å². The topological polar surface area (TPSA) is 113 Å². The highest BCUT2D eigenvalue weighted by Gasteiger charge is 2.20. The van der Waals surface area contributed by atoms with E-state index >= 15 is 0 Å². The molecule has 1 unspecified atom stereocenters. The minimum Gasteiger partial charge on any atom is -0.457 e. The van der Waals surface area contributed by atoms with Crippen molar-refractivity contribution in [2.24, 2.45) is 0 Å². The first-order chi connectivity index (χ1) is 15.8. The number of aromatic nitrogens is 1. The Hall–Kier alpha value is -3.98. The summed E-state index contributed by atoms with van der Waals surface area (Å²) in [4.78, 5) is 28.7. The molecule has 1 aromatic heterocycles. The quantitative estimate of drug-likeness (QED) is 0.416. The van der Waals surface area contributed by atoms with E-state index < -0.39 is 24.6 Å². The van der Waals surface area contributed by atoms with Gasteiger partial charge in [0.05, 0.1) is 12.3 Å². The molecule has 9 heteroatoms. The highest BCUT2D eigenvalue weighted by atomic mass is 19.1. The summed E-state index contributed by atoms with van der Waals surface area (Å²) in [5.41, 5.74) is 1.39. The molecule has 3 amide bonds. The number of anilines is 1. The Morgan fingerprint density at radius 1 is 0.970 bits per heavy atom. The van der Waals surface area contributed by atoms with Crippen LogP contribution in [0.1, 0.15) is 13.8 Å². The van der Waals surface area contributed by atoms with Gasteiger partial charge in [0.2, 0.25) is 0 Å². The normalized spacial score (nSPS) is 11.5. The van der Waals surface area contributed by atoms with Crippen LogP contribution in [0.4, 0.5) is 15.0 Å². The molecule has 1 heterocycles. The number of halogens is 1. The molecule has 0 radical (unpaired) electrons. The molecule has 0 saturated carbocycles. The number of urea groups is 1. The first-order valence-corrected chi connectivity index (χ1v) is 10.3. The van der Waals surface area contributed by atoms with E-state index in [0.717, 1.165) is 5.56 Å². The Bertz CT molecular complexity index is 1090. The molecule has 33 heavy (non-hydrogen) atoms. The molecular weight excluding hydrogens is 427 g/mol. The van der Waals surface area contributed by atoms with Gasteiger partial charge in [-0.3, -0.25) is 4.79 Å². The second-order valence-corrected chi connectivity index (χ2v) is 7.49. The van der Waals surface area contributed by atoms with Gasteiger partial charge in [0.15, 0.2) is 0 Å². The van der Waals surface area contributed by atoms with Gasteiger partial charge >= 0.3 is 6.03 Å². The molecule has 0 aliphatic heterocycles. The largest absolute Gasteiger partial charge is 0.457 e. The number of pyridine rings is 1. The lowest BCUT2D eigenvalue weighted by Gasteiger charge is -2.17. The fourth-order valence-electron chi connectivity index (χ4n) is 2.87. The molecule has 0 aliphatic rings. The van der Waals surface area contributed by atoms with Crippen LogP contribution in [0.5, 0.6) is 11.5 Å². The summed E-state index contributed by atoms with van der Waals surface area (Å²) in [7, 11) is 0. The predicted octanol–water partition coefficient (Wildman–Crippen LogP) is 3.69. The molecule has 2 aromatic carbocycles. The Balaban J connectivity index is 1.65. The van der Waals surface area contributed by atoms with Gasteiger partial charge in [-0.25, -0.2) is 14.2 Å². The fraction of sp³-hybridized carbons (Fsp3) is 0.208. The Kier molecular flexibility index (Phi) is 7.93. The van der Waals surface area contributed by atoms with Crippen molar-refractivity contribution in [3.8, 4) is 22.8 Å². The number of carbonyl (C=O) groups is 2. The van der Waals surface area contributed by atoms with E-state index in [9.17, 15) is 19.1 Å². The molecule has 0 saturated heterocycles. The van der Waals surface area contributed by atoms with E-state index in [1.165, 1.54) is 24.3 Å². The summed E-state index contributed by atoms with van der Waals surface area (Å²) in [5, 5.41) is 17.1. The Morgan fingerprint density at radius 2 is 1.61 bits per heavy atom. The standard InChI is InChI=1S/C24H25FN4O4/c1-15(2)26-24(32)28-21(14-30)23(31)29-22-5-3-4-20(27-22)16-6-10-18(11-7-16)33-19-12-8-17(25)9-13-19/h3-13,15,21,30H,14H2,1-2H3,(H2,26,28,32)(H,27,29,31). The third-order valence-electron chi connectivity index (χ3n) is 4.42. The van der Waals surface area contributed by atoms with E-state index in [0.29, 0.717) is 17.2 Å². The van der Waals surface area contributed by atoms with Gasteiger partial charge in [-0.05, 0) is 74.5 Å². The van der Waals surface area contributed by atoms with Crippen molar-refractivity contribution in [3.63, 3.8) is 0 Å². The zero-order valence-electron chi connectivity index (χ0n) is 18.2. The first-order valence-electron chi connectivity index (χ1n) is 10.3. The van der Waals surface area contributed by atoms with Gasteiger partial charge < -0.3 is 25.8 Å². The lowest BCUT2D eigenvalue weighted by atomic mass is 10.1. The molecular formula is C24H25FN4O4. The predicted molar refractivity (Wildman–Crippen MR) is 122 cm³/mol. The van der Waals surface area contributed by atoms with Gasteiger partial charge in [-0.1, -0.05) is 6.07 Å². The van der Waals surface area contributed by atoms with Gasteiger partial charge in [-0.15, -0.1) is 0 Å². The number of nitrogens with zero attached hydrogens (tertiary/aromatic N) is 1. The molecule has 0 bridgehead atoms. The summed E-state index contributed by atoms with van der Waals surface area (Å²) >= 11 is 0. The number of rotatable bonds is 8. The van der Waals surface area contributed by atoms with Crippen LogP contribution in [0.15, 0.2) is 66.7 Å². The van der Waals surface area contributed by atoms with Crippen molar-refractivity contribution in [1.29, 1.82) is 0 Å². The smallest absolute Gasteiger partial charge is 0.315 e. The molecule has 0 aliphatic carbocycles. The Morgan fingerprint density at radius 3 is 2.21 bits per heavy atom. The highest BCUT2D eigenvalue weighted by Crippen LogP contribution is 2.25. The van der Waals surface area contributed by atoms with E-state index in [2.05, 4.69) is 20.9 Å². The summed E-state index contributed by atoms with van der Waals surface area (Å²) in [6.45, 7) is 3.00. The van der Waals surface area contributed by atoms with Crippen LogP contribution in [0.25, 0.3) is 11.3 Å². The van der Waals surface area contributed by atoms with Gasteiger partial charge in [0, 0.05) is 11.6 Å². The minimum atomic E-state index is -1.13. The monoisotopic (exact) mass is 452 g/mol. The maximum absolute atomic E-state index is 13.0. The molecule has 0 fully saturated rings. The number of hydrogen-bond acceptors (Lipinski definition) is 5. The third-order valence-corrected chi connectivity index (χ3v) is 4.42.